The Balaban J connectivity index is 2.52. The van der Waals surface area contributed by atoms with Crippen LogP contribution in [0.2, 0.25) is 0 Å². The van der Waals surface area contributed by atoms with E-state index in [1.807, 2.05) is 0 Å². The smallest absolute Gasteiger partial charge is 0.449 e. The molecule has 0 unspecified atom stereocenters. The highest BCUT2D eigenvalue weighted by atomic mass is 19.4. The predicted molar refractivity (Wildman–Crippen MR) is 66.4 cm³/mol. The Labute approximate surface area is 111 Å². The van der Waals surface area contributed by atoms with E-state index in [1.165, 1.54) is 18.2 Å². The Kier molecular flexibility index (Phi) is 3.52. The Morgan fingerprint density at radius 2 is 2.00 bits per heavy atom. The molecule has 1 aromatic heterocycles. The molecule has 1 N–H and O–H groups in total. The first-order chi connectivity index (χ1) is 9.31. The van der Waals surface area contributed by atoms with Gasteiger partial charge in [0.15, 0.2) is 5.43 Å². The van der Waals surface area contributed by atoms with E-state index in [2.05, 4.69) is 9.73 Å². The number of hydrogen-bond acceptors (Lipinski definition) is 3. The van der Waals surface area contributed by atoms with Crippen molar-refractivity contribution in [1.82, 2.24) is 0 Å². The first-order valence-corrected chi connectivity index (χ1v) is 5.76. The second-order valence-electron chi connectivity index (χ2n) is 4.09. The highest BCUT2D eigenvalue weighted by molar-refractivity contribution is 5.93. The van der Waals surface area contributed by atoms with Crippen LogP contribution in [0, 0.1) is 0 Å². The fourth-order valence-electron chi connectivity index (χ4n) is 1.62. The molecule has 106 valence electrons. The van der Waals surface area contributed by atoms with Gasteiger partial charge in [-0.05, 0) is 18.2 Å². The number of carbonyl (C=O) groups is 1. The first kappa shape index (κ1) is 14.1. The number of anilines is 1. The van der Waals surface area contributed by atoms with Crippen LogP contribution in [0.15, 0.2) is 33.5 Å². The number of benzene rings is 1. The van der Waals surface area contributed by atoms with Crippen LogP contribution in [-0.2, 0) is 11.0 Å². The molecule has 7 heteroatoms. The molecule has 0 atom stereocenters. The zero-order valence-corrected chi connectivity index (χ0v) is 10.4. The van der Waals surface area contributed by atoms with Crippen molar-refractivity contribution in [3.05, 3.63) is 40.2 Å². The molecule has 0 bridgehead atoms. The number of halogens is 3. The highest BCUT2D eigenvalue weighted by Gasteiger charge is 2.34. The lowest BCUT2D eigenvalue weighted by molar-refractivity contribution is -0.152. The summed E-state index contributed by atoms with van der Waals surface area (Å²) in [5.41, 5.74) is -0.665. The van der Waals surface area contributed by atoms with Gasteiger partial charge < -0.3 is 9.73 Å². The maximum Gasteiger partial charge on any atom is 0.449 e. The second kappa shape index (κ2) is 4.99. The van der Waals surface area contributed by atoms with Crippen molar-refractivity contribution < 1.29 is 22.4 Å². The van der Waals surface area contributed by atoms with E-state index >= 15 is 0 Å². The normalized spacial score (nSPS) is 11.6. The second-order valence-corrected chi connectivity index (χ2v) is 4.09. The van der Waals surface area contributed by atoms with Gasteiger partial charge in [0.2, 0.25) is 11.7 Å². The number of alkyl halides is 3. The minimum atomic E-state index is -4.72. The molecule has 0 radical (unpaired) electrons. The number of hydrogen-bond donors (Lipinski definition) is 1. The van der Waals surface area contributed by atoms with Crippen LogP contribution in [0.5, 0.6) is 0 Å². The van der Waals surface area contributed by atoms with E-state index in [4.69, 9.17) is 0 Å². The quantitative estimate of drug-likeness (QED) is 0.922. The largest absolute Gasteiger partial charge is 0.451 e. The molecule has 20 heavy (non-hydrogen) atoms. The van der Waals surface area contributed by atoms with Gasteiger partial charge >= 0.3 is 6.18 Å². The Hall–Kier alpha value is -2.31. The summed E-state index contributed by atoms with van der Waals surface area (Å²) in [4.78, 5) is 22.9. The first-order valence-electron chi connectivity index (χ1n) is 5.76. The number of carbonyl (C=O) groups excluding carboxylic acids is 1. The molecule has 2 rings (SSSR count). The number of fused-ring (bicyclic) bond motifs is 1. The molecule has 0 spiro atoms. The SMILES string of the molecule is CCC(=O)Nc1ccc2oc(C(F)(F)F)cc(=O)c2c1. The molecule has 0 fully saturated rings. The third-order valence-corrected chi connectivity index (χ3v) is 2.61. The van der Waals surface area contributed by atoms with Gasteiger partial charge in [0, 0.05) is 18.2 Å². The summed E-state index contributed by atoms with van der Waals surface area (Å²) < 4.78 is 42.2. The number of rotatable bonds is 2. The molecule has 0 aliphatic heterocycles. The van der Waals surface area contributed by atoms with E-state index in [9.17, 15) is 22.8 Å². The van der Waals surface area contributed by atoms with Crippen LogP contribution in [0.25, 0.3) is 11.0 Å². The third kappa shape index (κ3) is 2.81. The molecule has 0 aliphatic carbocycles. The van der Waals surface area contributed by atoms with Gasteiger partial charge in [-0.2, -0.15) is 13.2 Å². The summed E-state index contributed by atoms with van der Waals surface area (Å²) in [7, 11) is 0. The van der Waals surface area contributed by atoms with E-state index in [0.717, 1.165) is 0 Å². The molecule has 4 nitrogen and oxygen atoms in total. The Morgan fingerprint density at radius 1 is 1.30 bits per heavy atom. The minimum absolute atomic E-state index is 0.0214. The van der Waals surface area contributed by atoms with Crippen molar-refractivity contribution in [2.45, 2.75) is 19.5 Å². The predicted octanol–water partition coefficient (Wildman–Crippen LogP) is 3.16. The van der Waals surface area contributed by atoms with Crippen molar-refractivity contribution >= 4 is 22.6 Å². The molecule has 0 aliphatic rings. The van der Waals surface area contributed by atoms with Crippen LogP contribution in [-0.4, -0.2) is 5.91 Å². The van der Waals surface area contributed by atoms with Crippen molar-refractivity contribution in [1.29, 1.82) is 0 Å². The van der Waals surface area contributed by atoms with Crippen LogP contribution in [0.4, 0.5) is 18.9 Å². The van der Waals surface area contributed by atoms with Crippen molar-refractivity contribution in [3.8, 4) is 0 Å². The monoisotopic (exact) mass is 285 g/mol. The van der Waals surface area contributed by atoms with Gasteiger partial charge in [-0.25, -0.2) is 0 Å². The Bertz CT molecular complexity index is 719. The summed E-state index contributed by atoms with van der Waals surface area (Å²) >= 11 is 0. The van der Waals surface area contributed by atoms with E-state index in [1.54, 1.807) is 6.92 Å². The number of amides is 1. The lowest BCUT2D eigenvalue weighted by Gasteiger charge is -2.08. The fourth-order valence-corrected chi connectivity index (χ4v) is 1.62. The van der Waals surface area contributed by atoms with Crippen molar-refractivity contribution in [3.63, 3.8) is 0 Å². The van der Waals surface area contributed by atoms with E-state index in [-0.39, 0.29) is 23.3 Å². The lowest BCUT2D eigenvalue weighted by atomic mass is 10.2. The van der Waals surface area contributed by atoms with Crippen LogP contribution < -0.4 is 10.7 Å². The topological polar surface area (TPSA) is 59.3 Å². The Morgan fingerprint density at radius 3 is 2.60 bits per heavy atom. The molecule has 1 amide bonds. The van der Waals surface area contributed by atoms with Gasteiger partial charge in [-0.3, -0.25) is 9.59 Å². The number of nitrogens with one attached hydrogen (secondary N) is 1. The molecule has 2 aromatic rings. The zero-order valence-electron chi connectivity index (χ0n) is 10.4. The average molecular weight is 285 g/mol. The molecular weight excluding hydrogens is 275 g/mol. The van der Waals surface area contributed by atoms with Gasteiger partial charge in [0.05, 0.1) is 5.39 Å². The van der Waals surface area contributed by atoms with Crippen LogP contribution in [0.3, 0.4) is 0 Å². The summed E-state index contributed by atoms with van der Waals surface area (Å²) in [6, 6.07) is 4.28. The average Bonchev–Trinajstić information content (AvgIpc) is 2.38. The lowest BCUT2D eigenvalue weighted by Crippen LogP contribution is -2.12. The molecule has 0 saturated carbocycles. The van der Waals surface area contributed by atoms with Gasteiger partial charge in [0.1, 0.15) is 5.58 Å². The summed E-state index contributed by atoms with van der Waals surface area (Å²) in [6.07, 6.45) is -4.47. The van der Waals surface area contributed by atoms with Gasteiger partial charge in [-0.1, -0.05) is 6.92 Å². The van der Waals surface area contributed by atoms with Crippen LogP contribution in [0.1, 0.15) is 19.1 Å². The maximum atomic E-state index is 12.5. The summed E-state index contributed by atoms with van der Waals surface area (Å²) in [5, 5.41) is 2.49. The highest BCUT2D eigenvalue weighted by Crippen LogP contribution is 2.30. The summed E-state index contributed by atoms with van der Waals surface area (Å²) in [6.45, 7) is 1.65. The van der Waals surface area contributed by atoms with Gasteiger partial charge in [-0.15, -0.1) is 0 Å². The molecule has 1 heterocycles. The maximum absolute atomic E-state index is 12.5. The standard InChI is InChI=1S/C13H10F3NO3/c1-2-12(19)17-7-3-4-10-8(5-7)9(18)6-11(20-10)13(14,15)16/h3-6H,2H2,1H3,(H,17,19). The molecular formula is C13H10F3NO3. The van der Waals surface area contributed by atoms with Crippen molar-refractivity contribution in [2.75, 3.05) is 5.32 Å². The van der Waals surface area contributed by atoms with E-state index in [0.29, 0.717) is 11.8 Å². The third-order valence-electron chi connectivity index (χ3n) is 2.61. The fraction of sp³-hybridized carbons (Fsp3) is 0.231. The van der Waals surface area contributed by atoms with Crippen LogP contribution >= 0.6 is 0 Å². The van der Waals surface area contributed by atoms with Crippen molar-refractivity contribution in [2.24, 2.45) is 0 Å². The van der Waals surface area contributed by atoms with E-state index < -0.39 is 17.4 Å². The zero-order chi connectivity index (χ0) is 14.9. The molecule has 1 aromatic carbocycles. The summed E-state index contributed by atoms with van der Waals surface area (Å²) in [5.74, 6) is -1.61. The molecule has 0 saturated heterocycles. The minimum Gasteiger partial charge on any atom is -0.451 e. The van der Waals surface area contributed by atoms with Gasteiger partial charge in [0.25, 0.3) is 0 Å².